The first-order valence-corrected chi connectivity index (χ1v) is 7.55. The second-order valence-electron chi connectivity index (χ2n) is 4.44. The quantitative estimate of drug-likeness (QED) is 0.249. The highest BCUT2D eigenvalue weighted by Crippen LogP contribution is 2.31. The lowest BCUT2D eigenvalue weighted by molar-refractivity contribution is 0.0727. The van der Waals surface area contributed by atoms with Crippen LogP contribution < -0.4 is 10.6 Å². The van der Waals surface area contributed by atoms with Gasteiger partial charge in [-0.1, -0.05) is 11.2 Å². The molecule has 1 aromatic carbocycles. The van der Waals surface area contributed by atoms with Crippen LogP contribution in [0.15, 0.2) is 28.3 Å². The molecule has 1 atom stereocenters. The monoisotopic (exact) mass is 297 g/mol. The van der Waals surface area contributed by atoms with E-state index in [0.29, 0.717) is 25.3 Å². The number of hydrogen-bond donors (Lipinski definition) is 3. The molecule has 1 aliphatic rings. The number of aliphatic hydroxyl groups is 1. The number of nitrogens with two attached hydrogens (primary N) is 1. The Morgan fingerprint density at radius 1 is 1.60 bits per heavy atom. The molecule has 0 radical (unpaired) electrons. The Bertz CT molecular complexity index is 496. The van der Waals surface area contributed by atoms with Crippen molar-refractivity contribution in [2.45, 2.75) is 10.9 Å². The third-order valence-corrected chi connectivity index (χ3v) is 4.12. The predicted molar refractivity (Wildman–Crippen MR) is 79.8 cm³/mol. The van der Waals surface area contributed by atoms with E-state index in [-0.39, 0.29) is 18.5 Å². The van der Waals surface area contributed by atoms with E-state index in [9.17, 15) is 5.11 Å². The number of oxime groups is 1. The molecule has 20 heavy (non-hydrogen) atoms. The predicted octanol–water partition coefficient (Wildman–Crippen LogP) is 0.700. The summed E-state index contributed by atoms with van der Waals surface area (Å²) in [6.07, 6.45) is 1.94. The molecule has 0 amide bonds. The topological polar surface area (TPSA) is 91.3 Å². The van der Waals surface area contributed by atoms with Crippen LogP contribution in [0.5, 0.6) is 0 Å². The van der Waals surface area contributed by atoms with Crippen LogP contribution in [0.3, 0.4) is 0 Å². The Kier molecular flexibility index (Phi) is 5.11. The number of rotatable bonds is 4. The van der Waals surface area contributed by atoms with Crippen molar-refractivity contribution in [2.24, 2.45) is 10.9 Å². The van der Waals surface area contributed by atoms with Crippen molar-refractivity contribution in [1.82, 2.24) is 0 Å². The molecular weight excluding hydrogens is 278 g/mol. The molecule has 1 fully saturated rings. The number of amidine groups is 1. The van der Waals surface area contributed by atoms with Crippen LogP contribution in [0.25, 0.3) is 0 Å². The van der Waals surface area contributed by atoms with E-state index < -0.39 is 0 Å². The molecule has 0 spiro atoms. The standard InChI is InChI=1S/C13H19N3O3S/c1-20-11-4-2-3-10(12(11)13(14)15-18)16-5-6-19-8-9(16)7-17/h2-4,9,17-18H,5-8H2,1H3,(H2,14,15). The molecule has 1 aromatic rings. The molecule has 0 aromatic heterocycles. The molecule has 0 saturated carbocycles. The van der Waals surface area contributed by atoms with Gasteiger partial charge in [-0.3, -0.25) is 0 Å². The van der Waals surface area contributed by atoms with Gasteiger partial charge >= 0.3 is 0 Å². The molecule has 0 aliphatic carbocycles. The molecule has 7 heteroatoms. The van der Waals surface area contributed by atoms with Crippen LogP contribution >= 0.6 is 11.8 Å². The maximum atomic E-state index is 9.50. The number of aliphatic hydroxyl groups excluding tert-OH is 1. The van der Waals surface area contributed by atoms with E-state index >= 15 is 0 Å². The van der Waals surface area contributed by atoms with Crippen molar-refractivity contribution in [3.05, 3.63) is 23.8 Å². The third kappa shape index (κ3) is 2.84. The molecule has 1 heterocycles. The van der Waals surface area contributed by atoms with E-state index in [4.69, 9.17) is 15.7 Å². The van der Waals surface area contributed by atoms with Crippen molar-refractivity contribution in [2.75, 3.05) is 37.5 Å². The van der Waals surface area contributed by atoms with Crippen LogP contribution in [-0.2, 0) is 4.74 Å². The molecule has 0 bridgehead atoms. The van der Waals surface area contributed by atoms with Crippen LogP contribution in [0.1, 0.15) is 5.56 Å². The zero-order chi connectivity index (χ0) is 14.5. The van der Waals surface area contributed by atoms with Crippen molar-refractivity contribution in [1.29, 1.82) is 0 Å². The number of anilines is 1. The summed E-state index contributed by atoms with van der Waals surface area (Å²) in [5.41, 5.74) is 7.38. The molecule has 1 aliphatic heterocycles. The Hall–Kier alpha value is -1.44. The summed E-state index contributed by atoms with van der Waals surface area (Å²) in [5.74, 6) is 0.0770. The lowest BCUT2D eigenvalue weighted by Crippen LogP contribution is -2.48. The number of thioether (sulfide) groups is 1. The zero-order valence-corrected chi connectivity index (χ0v) is 12.1. The van der Waals surface area contributed by atoms with Crippen LogP contribution in [0, 0.1) is 0 Å². The van der Waals surface area contributed by atoms with Gasteiger partial charge < -0.3 is 25.7 Å². The summed E-state index contributed by atoms with van der Waals surface area (Å²) in [4.78, 5) is 2.98. The molecule has 6 nitrogen and oxygen atoms in total. The van der Waals surface area contributed by atoms with Crippen molar-refractivity contribution >= 4 is 23.3 Å². The first kappa shape index (κ1) is 15.0. The Morgan fingerprint density at radius 2 is 2.40 bits per heavy atom. The summed E-state index contributed by atoms with van der Waals surface area (Å²) in [6, 6.07) is 5.65. The van der Waals surface area contributed by atoms with Crippen molar-refractivity contribution in [3.8, 4) is 0 Å². The first-order valence-electron chi connectivity index (χ1n) is 6.33. The number of hydrogen-bond acceptors (Lipinski definition) is 6. The van der Waals surface area contributed by atoms with Gasteiger partial charge in [0.2, 0.25) is 0 Å². The van der Waals surface area contributed by atoms with Gasteiger partial charge in [-0.25, -0.2) is 0 Å². The van der Waals surface area contributed by atoms with Gasteiger partial charge in [0.1, 0.15) is 0 Å². The minimum Gasteiger partial charge on any atom is -0.409 e. The second kappa shape index (κ2) is 6.83. The average Bonchev–Trinajstić information content (AvgIpc) is 2.53. The molecule has 2 rings (SSSR count). The fourth-order valence-corrected chi connectivity index (χ4v) is 2.99. The second-order valence-corrected chi connectivity index (χ2v) is 5.29. The fourth-order valence-electron chi connectivity index (χ4n) is 2.36. The number of morpholine rings is 1. The lowest BCUT2D eigenvalue weighted by Gasteiger charge is -2.37. The normalized spacial score (nSPS) is 20.2. The highest BCUT2D eigenvalue weighted by atomic mass is 32.2. The van der Waals surface area contributed by atoms with Gasteiger partial charge in [0.15, 0.2) is 5.84 Å². The van der Waals surface area contributed by atoms with Crippen molar-refractivity contribution < 1.29 is 15.1 Å². The summed E-state index contributed by atoms with van der Waals surface area (Å²) in [5, 5.41) is 21.6. The third-order valence-electron chi connectivity index (χ3n) is 3.34. The largest absolute Gasteiger partial charge is 0.409 e. The number of ether oxygens (including phenoxy) is 1. The van der Waals surface area contributed by atoms with Crippen LogP contribution in [0.4, 0.5) is 5.69 Å². The van der Waals surface area contributed by atoms with Gasteiger partial charge in [-0.2, -0.15) is 0 Å². The van der Waals surface area contributed by atoms with Gasteiger partial charge in [0.25, 0.3) is 0 Å². The first-order chi connectivity index (χ1) is 9.72. The average molecular weight is 297 g/mol. The minimum absolute atomic E-state index is 0.000885. The summed E-state index contributed by atoms with van der Waals surface area (Å²) >= 11 is 1.53. The fraction of sp³-hybridized carbons (Fsp3) is 0.462. The van der Waals surface area contributed by atoms with E-state index in [1.807, 2.05) is 24.5 Å². The van der Waals surface area contributed by atoms with Gasteiger partial charge in [-0.15, -0.1) is 11.8 Å². The zero-order valence-electron chi connectivity index (χ0n) is 11.3. The van der Waals surface area contributed by atoms with Crippen LogP contribution in [-0.4, -0.2) is 54.8 Å². The van der Waals surface area contributed by atoms with Gasteiger partial charge in [-0.05, 0) is 18.4 Å². The molecule has 110 valence electrons. The van der Waals surface area contributed by atoms with Gasteiger partial charge in [0.05, 0.1) is 31.4 Å². The smallest absolute Gasteiger partial charge is 0.173 e. The number of benzene rings is 1. The molecule has 1 unspecified atom stereocenters. The Morgan fingerprint density at radius 3 is 3.05 bits per heavy atom. The van der Waals surface area contributed by atoms with E-state index in [1.165, 1.54) is 11.8 Å². The Balaban J connectivity index is 2.49. The molecule has 1 saturated heterocycles. The highest BCUT2D eigenvalue weighted by Gasteiger charge is 2.26. The van der Waals surface area contributed by atoms with E-state index in [2.05, 4.69) is 10.1 Å². The summed E-state index contributed by atoms with van der Waals surface area (Å²) < 4.78 is 5.39. The van der Waals surface area contributed by atoms with E-state index in [0.717, 1.165) is 10.6 Å². The minimum atomic E-state index is -0.119. The van der Waals surface area contributed by atoms with Crippen LogP contribution in [0.2, 0.25) is 0 Å². The maximum Gasteiger partial charge on any atom is 0.173 e. The molecular formula is C13H19N3O3S. The SMILES string of the molecule is CSc1cccc(N2CCOCC2CO)c1/C(N)=N/O. The summed E-state index contributed by atoms with van der Waals surface area (Å²) in [6.45, 7) is 1.72. The van der Waals surface area contributed by atoms with E-state index in [1.54, 1.807) is 0 Å². The number of nitrogens with zero attached hydrogens (tertiary/aromatic N) is 2. The Labute approximate surface area is 122 Å². The maximum absolute atomic E-state index is 9.50. The van der Waals surface area contributed by atoms with Gasteiger partial charge in [0, 0.05) is 17.1 Å². The molecule has 4 N–H and O–H groups in total. The highest BCUT2D eigenvalue weighted by molar-refractivity contribution is 7.98. The summed E-state index contributed by atoms with van der Waals surface area (Å²) in [7, 11) is 0. The lowest BCUT2D eigenvalue weighted by atomic mass is 10.1. The van der Waals surface area contributed by atoms with Crippen molar-refractivity contribution in [3.63, 3.8) is 0 Å².